The van der Waals surface area contributed by atoms with E-state index in [1.54, 1.807) is 11.3 Å². The summed E-state index contributed by atoms with van der Waals surface area (Å²) in [7, 11) is 0. The van der Waals surface area contributed by atoms with Crippen LogP contribution in [0.4, 0.5) is 0 Å². The predicted octanol–water partition coefficient (Wildman–Crippen LogP) is 3.75. The SMILES string of the molecule is O=C(c1ccc2ncsc2c1)N1CCc2oc(C3CCC3)nc2C1. The summed E-state index contributed by atoms with van der Waals surface area (Å²) in [6, 6.07) is 5.72. The van der Waals surface area contributed by atoms with Gasteiger partial charge in [0.15, 0.2) is 5.89 Å². The monoisotopic (exact) mass is 339 g/mol. The molecule has 0 saturated heterocycles. The van der Waals surface area contributed by atoms with Crippen molar-refractivity contribution in [1.29, 1.82) is 0 Å². The molecule has 1 aliphatic carbocycles. The Labute approximate surface area is 143 Å². The van der Waals surface area contributed by atoms with E-state index in [-0.39, 0.29) is 5.91 Å². The average molecular weight is 339 g/mol. The third-order valence-electron chi connectivity index (χ3n) is 5.06. The van der Waals surface area contributed by atoms with Crippen LogP contribution in [0.1, 0.15) is 52.9 Å². The van der Waals surface area contributed by atoms with Crippen LogP contribution >= 0.6 is 11.3 Å². The summed E-state index contributed by atoms with van der Waals surface area (Å²) >= 11 is 1.56. The standard InChI is InChI=1S/C18H17N3O2S/c22-18(12-4-5-13-16(8-12)24-10-19-13)21-7-6-15-14(9-21)20-17(23-15)11-2-1-3-11/h4-5,8,10-11H,1-3,6-7,9H2. The van der Waals surface area contributed by atoms with Gasteiger partial charge < -0.3 is 9.32 Å². The van der Waals surface area contributed by atoms with Crippen molar-refractivity contribution in [3.8, 4) is 0 Å². The van der Waals surface area contributed by atoms with E-state index in [9.17, 15) is 4.79 Å². The summed E-state index contributed by atoms with van der Waals surface area (Å²) in [5.41, 5.74) is 4.41. The Kier molecular flexibility index (Phi) is 3.19. The molecule has 0 N–H and O–H groups in total. The molecule has 1 saturated carbocycles. The lowest BCUT2D eigenvalue weighted by Crippen LogP contribution is -2.35. The second-order valence-electron chi connectivity index (χ2n) is 6.56. The highest BCUT2D eigenvalue weighted by Crippen LogP contribution is 2.37. The summed E-state index contributed by atoms with van der Waals surface area (Å²) in [6.45, 7) is 1.23. The molecule has 0 bridgehead atoms. The van der Waals surface area contributed by atoms with Crippen LogP contribution in [-0.4, -0.2) is 27.3 Å². The van der Waals surface area contributed by atoms with E-state index in [4.69, 9.17) is 4.42 Å². The molecule has 1 aliphatic heterocycles. The number of oxazole rings is 1. The molecule has 3 aromatic rings. The number of thiazole rings is 1. The van der Waals surface area contributed by atoms with Gasteiger partial charge in [-0.25, -0.2) is 9.97 Å². The predicted molar refractivity (Wildman–Crippen MR) is 91.2 cm³/mol. The first-order chi connectivity index (χ1) is 11.8. The highest BCUT2D eigenvalue weighted by atomic mass is 32.1. The van der Waals surface area contributed by atoms with Crippen LogP contribution in [-0.2, 0) is 13.0 Å². The Morgan fingerprint density at radius 1 is 1.33 bits per heavy atom. The number of carbonyl (C=O) groups excluding carboxylic acids is 1. The maximum Gasteiger partial charge on any atom is 0.254 e. The molecule has 0 radical (unpaired) electrons. The molecule has 1 fully saturated rings. The minimum atomic E-state index is 0.0594. The molecule has 2 aromatic heterocycles. The zero-order valence-electron chi connectivity index (χ0n) is 13.2. The molecule has 122 valence electrons. The maximum absolute atomic E-state index is 12.8. The van der Waals surface area contributed by atoms with Gasteiger partial charge in [0.1, 0.15) is 11.5 Å². The second kappa shape index (κ2) is 5.41. The van der Waals surface area contributed by atoms with Gasteiger partial charge in [0.2, 0.25) is 0 Å². The van der Waals surface area contributed by atoms with E-state index in [1.807, 2.05) is 28.6 Å². The molecule has 0 atom stereocenters. The number of nitrogens with zero attached hydrogens (tertiary/aromatic N) is 3. The Morgan fingerprint density at radius 2 is 2.25 bits per heavy atom. The summed E-state index contributed by atoms with van der Waals surface area (Å²) < 4.78 is 6.98. The van der Waals surface area contributed by atoms with Crippen LogP contribution in [0.15, 0.2) is 28.1 Å². The number of carbonyl (C=O) groups is 1. The second-order valence-corrected chi connectivity index (χ2v) is 7.45. The molecule has 5 rings (SSSR count). The number of hydrogen-bond acceptors (Lipinski definition) is 5. The lowest BCUT2D eigenvalue weighted by atomic mass is 9.85. The first-order valence-electron chi connectivity index (χ1n) is 8.39. The molecule has 24 heavy (non-hydrogen) atoms. The Balaban J connectivity index is 1.39. The van der Waals surface area contributed by atoms with Crippen molar-refractivity contribution in [2.75, 3.05) is 6.54 Å². The highest BCUT2D eigenvalue weighted by molar-refractivity contribution is 7.16. The van der Waals surface area contributed by atoms with Crippen molar-refractivity contribution < 1.29 is 9.21 Å². The van der Waals surface area contributed by atoms with Crippen molar-refractivity contribution in [3.05, 3.63) is 46.6 Å². The van der Waals surface area contributed by atoms with Gasteiger partial charge in [-0.1, -0.05) is 6.42 Å². The first kappa shape index (κ1) is 14.2. The smallest absolute Gasteiger partial charge is 0.254 e. The Hall–Kier alpha value is -2.21. The molecule has 5 nitrogen and oxygen atoms in total. The van der Waals surface area contributed by atoms with Crippen LogP contribution in [0.2, 0.25) is 0 Å². The highest BCUT2D eigenvalue weighted by Gasteiger charge is 2.30. The van der Waals surface area contributed by atoms with Crippen molar-refractivity contribution in [2.45, 2.75) is 38.1 Å². The topological polar surface area (TPSA) is 59.2 Å². The zero-order valence-corrected chi connectivity index (χ0v) is 14.0. The minimum Gasteiger partial charge on any atom is -0.445 e. The van der Waals surface area contributed by atoms with Gasteiger partial charge in [0.05, 0.1) is 22.3 Å². The molecule has 0 unspecified atom stereocenters. The maximum atomic E-state index is 12.8. The van der Waals surface area contributed by atoms with Gasteiger partial charge in [-0.15, -0.1) is 11.3 Å². The third kappa shape index (κ3) is 2.24. The number of benzene rings is 1. The Bertz CT molecular complexity index is 925. The fourth-order valence-corrected chi connectivity index (χ4v) is 4.11. The van der Waals surface area contributed by atoms with E-state index < -0.39 is 0 Å². The first-order valence-corrected chi connectivity index (χ1v) is 9.27. The van der Waals surface area contributed by atoms with Crippen LogP contribution < -0.4 is 0 Å². The van der Waals surface area contributed by atoms with Crippen molar-refractivity contribution >= 4 is 27.5 Å². The molecule has 2 aliphatic rings. The van der Waals surface area contributed by atoms with E-state index in [1.165, 1.54) is 19.3 Å². The van der Waals surface area contributed by atoms with Crippen LogP contribution in [0.25, 0.3) is 10.2 Å². The molecular weight excluding hydrogens is 322 g/mol. The average Bonchev–Trinajstić information content (AvgIpc) is 3.17. The molecule has 0 spiro atoms. The van der Waals surface area contributed by atoms with E-state index in [0.29, 0.717) is 19.0 Å². The lowest BCUT2D eigenvalue weighted by Gasteiger charge is -2.25. The number of hydrogen-bond donors (Lipinski definition) is 0. The van der Waals surface area contributed by atoms with Gasteiger partial charge >= 0.3 is 0 Å². The quantitative estimate of drug-likeness (QED) is 0.713. The largest absolute Gasteiger partial charge is 0.445 e. The van der Waals surface area contributed by atoms with E-state index in [0.717, 1.165) is 39.5 Å². The van der Waals surface area contributed by atoms with E-state index >= 15 is 0 Å². The van der Waals surface area contributed by atoms with Gasteiger partial charge in [-0.05, 0) is 31.0 Å². The Morgan fingerprint density at radius 3 is 3.08 bits per heavy atom. The fourth-order valence-electron chi connectivity index (χ4n) is 3.39. The van der Waals surface area contributed by atoms with Crippen LogP contribution in [0, 0.1) is 0 Å². The fraction of sp³-hybridized carbons (Fsp3) is 0.389. The normalized spacial score (nSPS) is 17.8. The number of rotatable bonds is 2. The summed E-state index contributed by atoms with van der Waals surface area (Å²) in [4.78, 5) is 23.6. The molecule has 1 aromatic carbocycles. The minimum absolute atomic E-state index is 0.0594. The van der Waals surface area contributed by atoms with Crippen LogP contribution in [0.3, 0.4) is 0 Å². The number of aromatic nitrogens is 2. The van der Waals surface area contributed by atoms with Crippen molar-refractivity contribution in [3.63, 3.8) is 0 Å². The number of amides is 1. The van der Waals surface area contributed by atoms with Gasteiger partial charge in [0, 0.05) is 24.4 Å². The van der Waals surface area contributed by atoms with Crippen molar-refractivity contribution in [2.24, 2.45) is 0 Å². The zero-order chi connectivity index (χ0) is 16.1. The molecule has 6 heteroatoms. The molecule has 1 amide bonds. The van der Waals surface area contributed by atoms with Gasteiger partial charge in [-0.3, -0.25) is 4.79 Å². The molecular formula is C18H17N3O2S. The summed E-state index contributed by atoms with van der Waals surface area (Å²) in [5, 5.41) is 0. The summed E-state index contributed by atoms with van der Waals surface area (Å²) in [6.07, 6.45) is 4.37. The van der Waals surface area contributed by atoms with Crippen molar-refractivity contribution in [1.82, 2.24) is 14.9 Å². The molecule has 3 heterocycles. The number of fused-ring (bicyclic) bond motifs is 2. The van der Waals surface area contributed by atoms with Crippen LogP contribution in [0.5, 0.6) is 0 Å². The third-order valence-corrected chi connectivity index (χ3v) is 5.86. The van der Waals surface area contributed by atoms with Gasteiger partial charge in [-0.2, -0.15) is 0 Å². The summed E-state index contributed by atoms with van der Waals surface area (Å²) in [5.74, 6) is 2.41. The van der Waals surface area contributed by atoms with E-state index in [2.05, 4.69) is 9.97 Å². The van der Waals surface area contributed by atoms with Gasteiger partial charge in [0.25, 0.3) is 5.91 Å². The lowest BCUT2D eigenvalue weighted by molar-refractivity contribution is 0.0728.